The number of rotatable bonds is 8. The molecule has 3 unspecified atom stereocenters. The van der Waals surface area contributed by atoms with E-state index in [0.29, 0.717) is 11.4 Å². The molecule has 0 heterocycles. The topological polar surface area (TPSA) is 78.4 Å². The van der Waals surface area contributed by atoms with Crippen LogP contribution in [0.5, 0.6) is 0 Å². The van der Waals surface area contributed by atoms with Crippen LogP contribution in [0.15, 0.2) is 24.3 Å². The van der Waals surface area contributed by atoms with E-state index in [1.807, 2.05) is 26.0 Å². The van der Waals surface area contributed by atoms with E-state index in [-0.39, 0.29) is 11.9 Å². The highest BCUT2D eigenvalue weighted by molar-refractivity contribution is 6.30. The van der Waals surface area contributed by atoms with E-state index in [9.17, 15) is 9.59 Å². The average Bonchev–Trinajstić information content (AvgIpc) is 2.47. The molecule has 0 aliphatic heterocycles. The monoisotopic (exact) mass is 326 g/mol. The van der Waals surface area contributed by atoms with Gasteiger partial charge in [0.05, 0.1) is 12.1 Å². The van der Waals surface area contributed by atoms with Crippen molar-refractivity contribution < 1.29 is 14.7 Å². The van der Waals surface area contributed by atoms with Gasteiger partial charge in [-0.1, -0.05) is 37.1 Å². The predicted molar refractivity (Wildman–Crippen MR) is 86.9 cm³/mol. The van der Waals surface area contributed by atoms with Crippen LogP contribution in [0.25, 0.3) is 0 Å². The Morgan fingerprint density at radius 2 is 1.82 bits per heavy atom. The van der Waals surface area contributed by atoms with Gasteiger partial charge in [-0.15, -0.1) is 0 Å². The lowest BCUT2D eigenvalue weighted by molar-refractivity contribution is -0.140. The van der Waals surface area contributed by atoms with E-state index in [0.717, 1.165) is 12.0 Å². The summed E-state index contributed by atoms with van der Waals surface area (Å²) in [6, 6.07) is 5.76. The van der Waals surface area contributed by atoms with Gasteiger partial charge < -0.3 is 10.4 Å². The standard InChI is InChI=1S/C16H23ClN2O3/c1-4-5-14(16(21)22)18-11(3)15(20)19-10(2)12-6-8-13(17)9-7-12/h6-11,14,18H,4-5H2,1-3H3,(H,19,20)(H,21,22). The summed E-state index contributed by atoms with van der Waals surface area (Å²) in [6.45, 7) is 5.44. The molecule has 0 aliphatic rings. The molecule has 0 radical (unpaired) electrons. The number of carboxylic acids is 1. The highest BCUT2D eigenvalue weighted by Gasteiger charge is 2.23. The Kier molecular flexibility index (Phi) is 7.35. The third-order valence-corrected chi connectivity index (χ3v) is 3.70. The number of benzene rings is 1. The fraction of sp³-hybridized carbons (Fsp3) is 0.500. The number of amides is 1. The quantitative estimate of drug-likeness (QED) is 0.686. The maximum Gasteiger partial charge on any atom is 0.320 e. The molecule has 0 aliphatic carbocycles. The minimum atomic E-state index is -0.938. The number of aliphatic carboxylic acids is 1. The van der Waals surface area contributed by atoms with Crippen molar-refractivity contribution in [3.05, 3.63) is 34.9 Å². The number of carbonyl (C=O) groups excluding carboxylic acids is 1. The van der Waals surface area contributed by atoms with Crippen molar-refractivity contribution in [2.24, 2.45) is 0 Å². The third kappa shape index (κ3) is 5.66. The maximum absolute atomic E-state index is 12.2. The summed E-state index contributed by atoms with van der Waals surface area (Å²) in [6.07, 6.45) is 1.22. The van der Waals surface area contributed by atoms with Crippen molar-refractivity contribution in [3.63, 3.8) is 0 Å². The number of hydrogen-bond acceptors (Lipinski definition) is 3. The smallest absolute Gasteiger partial charge is 0.320 e. The average molecular weight is 327 g/mol. The van der Waals surface area contributed by atoms with Gasteiger partial charge in [-0.05, 0) is 38.0 Å². The van der Waals surface area contributed by atoms with Crippen LogP contribution in [0.3, 0.4) is 0 Å². The van der Waals surface area contributed by atoms with Crippen molar-refractivity contribution in [1.29, 1.82) is 0 Å². The molecule has 1 aromatic rings. The van der Waals surface area contributed by atoms with E-state index >= 15 is 0 Å². The van der Waals surface area contributed by atoms with E-state index in [1.165, 1.54) is 0 Å². The van der Waals surface area contributed by atoms with Crippen LogP contribution in [0.4, 0.5) is 0 Å². The number of halogens is 1. The number of carboxylic acid groups (broad SMARTS) is 1. The SMILES string of the molecule is CCCC(NC(C)C(=O)NC(C)c1ccc(Cl)cc1)C(=O)O. The molecule has 1 aromatic carbocycles. The first-order valence-corrected chi connectivity index (χ1v) is 7.77. The zero-order chi connectivity index (χ0) is 16.7. The summed E-state index contributed by atoms with van der Waals surface area (Å²) >= 11 is 5.84. The fourth-order valence-corrected chi connectivity index (χ4v) is 2.24. The van der Waals surface area contributed by atoms with Gasteiger partial charge in [0, 0.05) is 5.02 Å². The molecule has 3 N–H and O–H groups in total. The van der Waals surface area contributed by atoms with E-state index in [1.54, 1.807) is 19.1 Å². The Morgan fingerprint density at radius 3 is 2.32 bits per heavy atom. The molecule has 3 atom stereocenters. The highest BCUT2D eigenvalue weighted by atomic mass is 35.5. The Morgan fingerprint density at radius 1 is 1.23 bits per heavy atom. The molecule has 0 bridgehead atoms. The Labute approximate surface area is 136 Å². The van der Waals surface area contributed by atoms with Crippen LogP contribution in [-0.4, -0.2) is 29.1 Å². The van der Waals surface area contributed by atoms with Gasteiger partial charge >= 0.3 is 5.97 Å². The minimum absolute atomic E-state index is 0.177. The van der Waals surface area contributed by atoms with E-state index in [2.05, 4.69) is 10.6 Å². The Balaban J connectivity index is 2.59. The number of hydrogen-bond donors (Lipinski definition) is 3. The molecule has 122 valence electrons. The summed E-state index contributed by atoms with van der Waals surface area (Å²) < 4.78 is 0. The van der Waals surface area contributed by atoms with Crippen molar-refractivity contribution in [2.45, 2.75) is 51.7 Å². The Bertz CT molecular complexity index is 505. The van der Waals surface area contributed by atoms with Gasteiger partial charge in [0.1, 0.15) is 6.04 Å². The molecule has 1 amide bonds. The van der Waals surface area contributed by atoms with Crippen LogP contribution in [0, 0.1) is 0 Å². The summed E-state index contributed by atoms with van der Waals surface area (Å²) in [5.74, 6) is -1.17. The molecule has 5 nitrogen and oxygen atoms in total. The molecule has 0 saturated heterocycles. The molecule has 0 fully saturated rings. The van der Waals surface area contributed by atoms with Gasteiger partial charge in [0.2, 0.25) is 5.91 Å². The van der Waals surface area contributed by atoms with Crippen molar-refractivity contribution in [1.82, 2.24) is 10.6 Å². The molecule has 6 heteroatoms. The highest BCUT2D eigenvalue weighted by Crippen LogP contribution is 2.16. The largest absolute Gasteiger partial charge is 0.480 e. The van der Waals surface area contributed by atoms with Gasteiger partial charge in [-0.25, -0.2) is 0 Å². The lowest BCUT2D eigenvalue weighted by Gasteiger charge is -2.22. The summed E-state index contributed by atoms with van der Waals surface area (Å²) in [7, 11) is 0. The van der Waals surface area contributed by atoms with Gasteiger partial charge in [-0.3, -0.25) is 14.9 Å². The van der Waals surface area contributed by atoms with Crippen LogP contribution in [-0.2, 0) is 9.59 Å². The first-order chi connectivity index (χ1) is 10.3. The third-order valence-electron chi connectivity index (χ3n) is 3.45. The van der Waals surface area contributed by atoms with E-state index < -0.39 is 18.1 Å². The van der Waals surface area contributed by atoms with Crippen LogP contribution < -0.4 is 10.6 Å². The molecule has 1 rings (SSSR count). The van der Waals surface area contributed by atoms with Gasteiger partial charge in [-0.2, -0.15) is 0 Å². The van der Waals surface area contributed by atoms with Gasteiger partial charge in [0.25, 0.3) is 0 Å². The second-order valence-electron chi connectivity index (χ2n) is 5.35. The molecular weight excluding hydrogens is 304 g/mol. The first kappa shape index (κ1) is 18.5. The minimum Gasteiger partial charge on any atom is -0.480 e. The lowest BCUT2D eigenvalue weighted by atomic mass is 10.1. The van der Waals surface area contributed by atoms with E-state index in [4.69, 9.17) is 16.7 Å². The van der Waals surface area contributed by atoms with Crippen LogP contribution in [0.2, 0.25) is 5.02 Å². The predicted octanol–water partition coefficient (Wildman–Crippen LogP) is 2.75. The zero-order valence-corrected chi connectivity index (χ0v) is 13.9. The first-order valence-electron chi connectivity index (χ1n) is 7.39. The van der Waals surface area contributed by atoms with Gasteiger partial charge in [0.15, 0.2) is 0 Å². The fourth-order valence-electron chi connectivity index (χ4n) is 2.12. The Hall–Kier alpha value is -1.59. The number of carbonyl (C=O) groups is 2. The summed E-state index contributed by atoms with van der Waals surface area (Å²) in [5.41, 5.74) is 0.938. The lowest BCUT2D eigenvalue weighted by Crippen LogP contribution is -2.49. The molecule has 0 aromatic heterocycles. The van der Waals surface area contributed by atoms with Crippen molar-refractivity contribution in [3.8, 4) is 0 Å². The maximum atomic E-state index is 12.2. The molecular formula is C16H23ClN2O3. The summed E-state index contributed by atoms with van der Waals surface area (Å²) in [5, 5.41) is 15.5. The number of nitrogens with one attached hydrogen (secondary N) is 2. The summed E-state index contributed by atoms with van der Waals surface area (Å²) in [4.78, 5) is 23.3. The second kappa shape index (κ2) is 8.76. The molecule has 0 spiro atoms. The van der Waals surface area contributed by atoms with Crippen LogP contribution >= 0.6 is 11.6 Å². The normalized spacial score (nSPS) is 14.9. The zero-order valence-electron chi connectivity index (χ0n) is 13.1. The van der Waals surface area contributed by atoms with Crippen LogP contribution in [0.1, 0.15) is 45.2 Å². The second-order valence-corrected chi connectivity index (χ2v) is 5.79. The van der Waals surface area contributed by atoms with Crippen molar-refractivity contribution in [2.75, 3.05) is 0 Å². The molecule has 0 saturated carbocycles. The van der Waals surface area contributed by atoms with Crippen molar-refractivity contribution >= 4 is 23.5 Å². The molecule has 22 heavy (non-hydrogen) atoms.